The van der Waals surface area contributed by atoms with Gasteiger partial charge in [-0.15, -0.1) is 0 Å². The number of carbonyl (C=O) groups is 2. The normalized spacial score (nSPS) is 11.3. The molecule has 1 aromatic rings. The highest BCUT2D eigenvalue weighted by atomic mass is 16.6. The minimum absolute atomic E-state index is 0.0718. The number of hydrogen-bond donors (Lipinski definition) is 2. The van der Waals surface area contributed by atoms with Gasteiger partial charge in [0.15, 0.2) is 18.1 Å². The van der Waals surface area contributed by atoms with Crippen LogP contribution in [-0.4, -0.2) is 43.0 Å². The molecule has 0 spiro atoms. The number of nitrogens with one attached hydrogen (secondary N) is 2. The predicted molar refractivity (Wildman–Crippen MR) is 81.4 cm³/mol. The predicted octanol–water partition coefficient (Wildman–Crippen LogP) is 0.623. The molecule has 9 nitrogen and oxygen atoms in total. The van der Waals surface area contributed by atoms with Crippen LogP contribution in [0.1, 0.15) is 13.8 Å². The lowest BCUT2D eigenvalue weighted by Crippen LogP contribution is -2.46. The average Bonchev–Trinajstić information content (AvgIpc) is 2.52. The lowest BCUT2D eigenvalue weighted by atomic mass is 10.3. The van der Waals surface area contributed by atoms with Crippen LogP contribution in [0.5, 0.6) is 11.5 Å². The van der Waals surface area contributed by atoms with E-state index in [9.17, 15) is 19.7 Å². The van der Waals surface area contributed by atoms with Crippen molar-refractivity contribution in [3.8, 4) is 11.5 Å². The minimum atomic E-state index is -0.710. The highest BCUT2D eigenvalue weighted by molar-refractivity contribution is 5.87. The van der Waals surface area contributed by atoms with Crippen molar-refractivity contribution in [3.05, 3.63) is 28.3 Å². The molecule has 9 heteroatoms. The third kappa shape index (κ3) is 5.46. The van der Waals surface area contributed by atoms with E-state index in [0.717, 1.165) is 0 Å². The van der Waals surface area contributed by atoms with Gasteiger partial charge in [0.1, 0.15) is 6.04 Å². The Bertz CT molecular complexity index is 590. The monoisotopic (exact) mass is 325 g/mol. The second-order valence-electron chi connectivity index (χ2n) is 4.56. The lowest BCUT2D eigenvalue weighted by molar-refractivity contribution is -0.385. The lowest BCUT2D eigenvalue weighted by Gasteiger charge is -2.14. The topological polar surface area (TPSA) is 120 Å². The summed E-state index contributed by atoms with van der Waals surface area (Å²) in [6, 6.07) is 3.10. The van der Waals surface area contributed by atoms with Gasteiger partial charge in [0.25, 0.3) is 11.6 Å². The Labute approximate surface area is 133 Å². The van der Waals surface area contributed by atoms with Crippen molar-refractivity contribution in [3.63, 3.8) is 0 Å². The Balaban J connectivity index is 2.66. The molecule has 0 heterocycles. The zero-order chi connectivity index (χ0) is 17.4. The molecule has 23 heavy (non-hydrogen) atoms. The van der Waals surface area contributed by atoms with Gasteiger partial charge >= 0.3 is 0 Å². The summed E-state index contributed by atoms with van der Waals surface area (Å²) in [5.74, 6) is -0.506. The Hall–Kier alpha value is -2.84. The number of likely N-dealkylation sites (N-methyl/N-ethyl adjacent to an activating group) is 1. The largest absolute Gasteiger partial charge is 0.493 e. The molecular formula is C14H19N3O6. The molecule has 0 aromatic heterocycles. The maximum absolute atomic E-state index is 11.8. The number of rotatable bonds is 8. The van der Waals surface area contributed by atoms with Crippen LogP contribution in [0.25, 0.3) is 0 Å². The van der Waals surface area contributed by atoms with Crippen molar-refractivity contribution in [2.45, 2.75) is 19.9 Å². The summed E-state index contributed by atoms with van der Waals surface area (Å²) in [5.41, 5.74) is -0.183. The molecule has 0 aliphatic carbocycles. The molecule has 1 atom stereocenters. The first-order chi connectivity index (χ1) is 10.9. The van der Waals surface area contributed by atoms with Crippen molar-refractivity contribution in [1.82, 2.24) is 10.6 Å². The van der Waals surface area contributed by atoms with E-state index in [4.69, 9.17) is 9.47 Å². The molecular weight excluding hydrogens is 306 g/mol. The van der Waals surface area contributed by atoms with Gasteiger partial charge in [-0.25, -0.2) is 0 Å². The fourth-order valence-corrected chi connectivity index (χ4v) is 1.71. The third-order valence-electron chi connectivity index (χ3n) is 2.84. The van der Waals surface area contributed by atoms with E-state index in [-0.39, 0.29) is 23.1 Å². The van der Waals surface area contributed by atoms with Crippen molar-refractivity contribution >= 4 is 17.5 Å². The fourth-order valence-electron chi connectivity index (χ4n) is 1.71. The van der Waals surface area contributed by atoms with Gasteiger partial charge in [-0.3, -0.25) is 19.7 Å². The van der Waals surface area contributed by atoms with Gasteiger partial charge in [0.2, 0.25) is 5.91 Å². The van der Waals surface area contributed by atoms with E-state index in [1.54, 1.807) is 6.92 Å². The minimum Gasteiger partial charge on any atom is -0.493 e. The first-order valence-corrected chi connectivity index (χ1v) is 6.91. The third-order valence-corrected chi connectivity index (χ3v) is 2.84. The van der Waals surface area contributed by atoms with Crippen LogP contribution in [0.2, 0.25) is 0 Å². The molecule has 0 aliphatic heterocycles. The number of carbonyl (C=O) groups excluding carboxylic acids is 2. The summed E-state index contributed by atoms with van der Waals surface area (Å²) in [7, 11) is 1.38. The Morgan fingerprint density at radius 3 is 2.61 bits per heavy atom. The fraction of sp³-hybridized carbons (Fsp3) is 0.429. The molecule has 1 aromatic carbocycles. The number of nitro groups is 1. The number of amides is 2. The molecule has 0 fully saturated rings. The summed E-state index contributed by atoms with van der Waals surface area (Å²) >= 11 is 0. The van der Waals surface area contributed by atoms with Gasteiger partial charge < -0.3 is 20.1 Å². The molecule has 0 unspecified atom stereocenters. The SMILES string of the molecule is CCNC(=O)[C@@H](C)NC(=O)COc1cc([N+](=O)[O-])ccc1OC. The summed E-state index contributed by atoms with van der Waals surface area (Å²) in [4.78, 5) is 33.5. The van der Waals surface area contributed by atoms with E-state index in [2.05, 4.69) is 10.6 Å². The van der Waals surface area contributed by atoms with Crippen LogP contribution in [0.3, 0.4) is 0 Å². The Kier molecular flexibility index (Phi) is 6.78. The van der Waals surface area contributed by atoms with E-state index in [1.165, 1.54) is 32.2 Å². The van der Waals surface area contributed by atoms with E-state index in [0.29, 0.717) is 6.54 Å². The number of nitro benzene ring substituents is 1. The number of hydrogen-bond acceptors (Lipinski definition) is 6. The smallest absolute Gasteiger partial charge is 0.273 e. The van der Waals surface area contributed by atoms with Crippen molar-refractivity contribution in [1.29, 1.82) is 0 Å². The molecule has 0 saturated carbocycles. The first-order valence-electron chi connectivity index (χ1n) is 6.91. The molecule has 0 radical (unpaired) electrons. The summed E-state index contributed by atoms with van der Waals surface area (Å²) < 4.78 is 10.3. The van der Waals surface area contributed by atoms with Crippen LogP contribution < -0.4 is 20.1 Å². The highest BCUT2D eigenvalue weighted by Crippen LogP contribution is 2.30. The summed E-state index contributed by atoms with van der Waals surface area (Å²) in [5, 5.41) is 15.8. The number of nitrogens with zero attached hydrogens (tertiary/aromatic N) is 1. The van der Waals surface area contributed by atoms with Crippen LogP contribution >= 0.6 is 0 Å². The number of ether oxygens (including phenoxy) is 2. The Morgan fingerprint density at radius 2 is 2.04 bits per heavy atom. The van der Waals surface area contributed by atoms with Crippen molar-refractivity contribution in [2.24, 2.45) is 0 Å². The average molecular weight is 325 g/mol. The van der Waals surface area contributed by atoms with Crippen LogP contribution in [0.4, 0.5) is 5.69 Å². The molecule has 2 N–H and O–H groups in total. The Morgan fingerprint density at radius 1 is 1.35 bits per heavy atom. The van der Waals surface area contributed by atoms with Gasteiger partial charge in [0, 0.05) is 12.6 Å². The molecule has 2 amide bonds. The molecule has 126 valence electrons. The first kappa shape index (κ1) is 18.2. The van der Waals surface area contributed by atoms with Crippen molar-refractivity contribution in [2.75, 3.05) is 20.3 Å². The quantitative estimate of drug-likeness (QED) is 0.534. The maximum atomic E-state index is 11.8. The van der Waals surface area contributed by atoms with Gasteiger partial charge in [0.05, 0.1) is 18.1 Å². The van der Waals surface area contributed by atoms with E-state index >= 15 is 0 Å². The van der Waals surface area contributed by atoms with Gasteiger partial charge in [-0.1, -0.05) is 0 Å². The second kappa shape index (κ2) is 8.57. The summed E-state index contributed by atoms with van der Waals surface area (Å²) in [6.07, 6.45) is 0. The molecule has 1 rings (SSSR count). The number of benzene rings is 1. The number of non-ortho nitro benzene ring substituents is 1. The van der Waals surface area contributed by atoms with E-state index in [1.807, 2.05) is 0 Å². The highest BCUT2D eigenvalue weighted by Gasteiger charge is 2.17. The molecule has 0 saturated heterocycles. The van der Waals surface area contributed by atoms with Gasteiger partial charge in [-0.2, -0.15) is 0 Å². The number of methoxy groups -OCH3 is 1. The molecule has 0 aliphatic rings. The standard InChI is InChI=1S/C14H19N3O6/c1-4-15-14(19)9(2)16-13(18)8-23-12-7-10(17(20)21)5-6-11(12)22-3/h5-7,9H,4,8H2,1-3H3,(H,15,19)(H,16,18)/t9-/m1/s1. The zero-order valence-electron chi connectivity index (χ0n) is 13.1. The van der Waals surface area contributed by atoms with Crippen LogP contribution in [0.15, 0.2) is 18.2 Å². The molecule has 0 bridgehead atoms. The second-order valence-corrected chi connectivity index (χ2v) is 4.56. The van der Waals surface area contributed by atoms with Crippen LogP contribution in [-0.2, 0) is 9.59 Å². The zero-order valence-corrected chi connectivity index (χ0v) is 13.1. The van der Waals surface area contributed by atoms with Crippen LogP contribution in [0, 0.1) is 10.1 Å². The maximum Gasteiger partial charge on any atom is 0.273 e. The van der Waals surface area contributed by atoms with Gasteiger partial charge in [-0.05, 0) is 19.9 Å². The summed E-state index contributed by atoms with van der Waals surface area (Å²) in [6.45, 7) is 3.36. The van der Waals surface area contributed by atoms with Crippen molar-refractivity contribution < 1.29 is 24.0 Å². The van der Waals surface area contributed by atoms with E-state index < -0.39 is 23.5 Å².